The Morgan fingerprint density at radius 3 is 2.32 bits per heavy atom. The lowest BCUT2D eigenvalue weighted by atomic mass is 10.0. The van der Waals surface area contributed by atoms with Gasteiger partial charge < -0.3 is 10.2 Å². The molecule has 1 heterocycles. The predicted octanol–water partition coefficient (Wildman–Crippen LogP) is 3.19. The molecule has 2 amide bonds. The largest absolute Gasteiger partial charge is 0.347 e. The molecule has 0 unspecified atom stereocenters. The molecule has 1 saturated heterocycles. The zero-order valence-electron chi connectivity index (χ0n) is 17.4. The molecule has 2 aliphatic rings. The molecule has 3 rings (SSSR count). The van der Waals surface area contributed by atoms with Crippen molar-refractivity contribution >= 4 is 11.8 Å². The summed E-state index contributed by atoms with van der Waals surface area (Å²) >= 11 is 0. The van der Waals surface area contributed by atoms with Crippen LogP contribution in [0, 0.1) is 5.92 Å². The van der Waals surface area contributed by atoms with E-state index in [9.17, 15) is 9.59 Å². The molecule has 1 aromatic rings. The van der Waals surface area contributed by atoms with E-state index in [2.05, 4.69) is 48.3 Å². The molecule has 154 valence electrons. The summed E-state index contributed by atoms with van der Waals surface area (Å²) in [4.78, 5) is 29.7. The van der Waals surface area contributed by atoms with Gasteiger partial charge >= 0.3 is 0 Å². The van der Waals surface area contributed by atoms with Crippen LogP contribution < -0.4 is 5.32 Å². The van der Waals surface area contributed by atoms with Crippen LogP contribution in [0.25, 0.3) is 0 Å². The van der Waals surface area contributed by atoms with E-state index in [0.29, 0.717) is 6.04 Å². The Labute approximate surface area is 169 Å². The van der Waals surface area contributed by atoms with Crippen LogP contribution in [0.2, 0.25) is 0 Å². The molecule has 0 spiro atoms. The summed E-state index contributed by atoms with van der Waals surface area (Å²) in [6.07, 6.45) is 6.14. The van der Waals surface area contributed by atoms with Crippen molar-refractivity contribution in [1.82, 2.24) is 15.1 Å². The number of rotatable bonds is 7. The average molecular weight is 386 g/mol. The maximum atomic E-state index is 12.9. The minimum atomic E-state index is 0.0636. The van der Waals surface area contributed by atoms with Crippen LogP contribution in [0.15, 0.2) is 30.3 Å². The summed E-state index contributed by atoms with van der Waals surface area (Å²) in [5, 5.41) is 2.91. The molecule has 0 radical (unpaired) electrons. The average Bonchev–Trinajstić information content (AvgIpc) is 3.27. The Morgan fingerprint density at radius 2 is 1.68 bits per heavy atom. The van der Waals surface area contributed by atoms with Crippen LogP contribution >= 0.6 is 0 Å². The first-order chi connectivity index (χ1) is 13.6. The van der Waals surface area contributed by atoms with Crippen LogP contribution in [0.3, 0.4) is 0 Å². The van der Waals surface area contributed by atoms with Crippen molar-refractivity contribution in [3.63, 3.8) is 0 Å². The maximum absolute atomic E-state index is 12.9. The van der Waals surface area contributed by atoms with Gasteiger partial charge in [-0.15, -0.1) is 0 Å². The molecule has 1 aromatic carbocycles. The van der Waals surface area contributed by atoms with Crippen molar-refractivity contribution in [2.75, 3.05) is 19.6 Å². The highest BCUT2D eigenvalue weighted by Gasteiger charge is 2.34. The van der Waals surface area contributed by atoms with Gasteiger partial charge in [-0.2, -0.15) is 0 Å². The van der Waals surface area contributed by atoms with Crippen LogP contribution in [-0.2, 0) is 16.1 Å². The molecule has 5 nitrogen and oxygen atoms in total. The van der Waals surface area contributed by atoms with Crippen LogP contribution in [-0.4, -0.2) is 53.3 Å². The third-order valence-corrected chi connectivity index (χ3v) is 6.44. The molecule has 1 aliphatic heterocycles. The molecule has 1 N–H and O–H groups in total. The fourth-order valence-corrected chi connectivity index (χ4v) is 4.66. The van der Waals surface area contributed by atoms with E-state index < -0.39 is 0 Å². The second-order valence-electron chi connectivity index (χ2n) is 8.28. The third kappa shape index (κ3) is 5.13. The van der Waals surface area contributed by atoms with Gasteiger partial charge in [0.15, 0.2) is 0 Å². The topological polar surface area (TPSA) is 52.7 Å². The first-order valence-electron chi connectivity index (χ1n) is 11.0. The van der Waals surface area contributed by atoms with Gasteiger partial charge in [0.25, 0.3) is 0 Å². The zero-order valence-corrected chi connectivity index (χ0v) is 17.4. The number of hydrogen-bond donors (Lipinski definition) is 1. The highest BCUT2D eigenvalue weighted by Crippen LogP contribution is 2.25. The highest BCUT2D eigenvalue weighted by atomic mass is 16.2. The molecule has 1 aliphatic carbocycles. The van der Waals surface area contributed by atoms with Gasteiger partial charge in [-0.05, 0) is 31.2 Å². The summed E-state index contributed by atoms with van der Waals surface area (Å²) in [6.45, 7) is 7.05. The van der Waals surface area contributed by atoms with Gasteiger partial charge in [-0.3, -0.25) is 14.5 Å². The molecule has 2 fully saturated rings. The van der Waals surface area contributed by atoms with Crippen LogP contribution in [0.1, 0.15) is 57.9 Å². The van der Waals surface area contributed by atoms with Gasteiger partial charge in [0.05, 0.1) is 6.54 Å². The monoisotopic (exact) mass is 385 g/mol. The summed E-state index contributed by atoms with van der Waals surface area (Å²) in [5.74, 6) is 0.241. The second kappa shape index (κ2) is 10.1. The molecule has 0 bridgehead atoms. The summed E-state index contributed by atoms with van der Waals surface area (Å²) in [5.41, 5.74) is 1.32. The van der Waals surface area contributed by atoms with E-state index in [1.54, 1.807) is 0 Å². The van der Waals surface area contributed by atoms with Crippen molar-refractivity contribution in [3.8, 4) is 0 Å². The van der Waals surface area contributed by atoms with Crippen molar-refractivity contribution in [3.05, 3.63) is 35.9 Å². The highest BCUT2D eigenvalue weighted by molar-refractivity contribution is 5.86. The van der Waals surface area contributed by atoms with Crippen molar-refractivity contribution in [2.45, 2.75) is 71.0 Å². The molecular formula is C23H35N3O2. The minimum Gasteiger partial charge on any atom is -0.347 e. The Bertz CT molecular complexity index is 643. The normalized spacial score (nSPS) is 23.7. The lowest BCUT2D eigenvalue weighted by Crippen LogP contribution is -2.60. The Morgan fingerprint density at radius 1 is 1.00 bits per heavy atom. The van der Waals surface area contributed by atoms with Crippen molar-refractivity contribution in [1.29, 1.82) is 0 Å². The Hall–Kier alpha value is -1.88. The van der Waals surface area contributed by atoms with E-state index in [1.807, 2.05) is 11.0 Å². The number of benzene rings is 1. The Kier molecular flexibility index (Phi) is 7.49. The summed E-state index contributed by atoms with van der Waals surface area (Å²) < 4.78 is 0. The lowest BCUT2D eigenvalue weighted by Gasteiger charge is -2.46. The quantitative estimate of drug-likeness (QED) is 0.784. The van der Waals surface area contributed by atoms with E-state index in [-0.39, 0.29) is 30.3 Å². The van der Waals surface area contributed by atoms with E-state index >= 15 is 0 Å². The molecule has 2 atom stereocenters. The number of nitrogens with zero attached hydrogens (tertiary/aromatic N) is 2. The lowest BCUT2D eigenvalue weighted by molar-refractivity contribution is -0.139. The fraction of sp³-hybridized carbons (Fsp3) is 0.652. The van der Waals surface area contributed by atoms with Crippen molar-refractivity contribution in [2.24, 2.45) is 5.92 Å². The number of carbonyl (C=O) groups excluding carboxylic acids is 2. The van der Waals surface area contributed by atoms with Crippen molar-refractivity contribution < 1.29 is 9.59 Å². The first kappa shape index (κ1) is 20.8. The zero-order chi connectivity index (χ0) is 19.9. The number of carbonyl (C=O) groups is 2. The molecule has 5 heteroatoms. The number of hydrogen-bond acceptors (Lipinski definition) is 3. The summed E-state index contributed by atoms with van der Waals surface area (Å²) in [6, 6.07) is 11.1. The van der Waals surface area contributed by atoms with Gasteiger partial charge in [-0.25, -0.2) is 0 Å². The van der Waals surface area contributed by atoms with E-state index in [0.717, 1.165) is 58.2 Å². The van der Waals surface area contributed by atoms with Gasteiger partial charge in [0.1, 0.15) is 0 Å². The molecule has 0 aromatic heterocycles. The maximum Gasteiger partial charge on any atom is 0.242 e. The smallest absolute Gasteiger partial charge is 0.242 e. The fourth-order valence-electron chi connectivity index (χ4n) is 4.66. The number of amides is 2. The number of nitrogens with one attached hydrogen (secondary N) is 1. The molecule has 1 saturated carbocycles. The summed E-state index contributed by atoms with van der Waals surface area (Å²) in [7, 11) is 0. The van der Waals surface area contributed by atoms with Gasteiger partial charge in [-0.1, -0.05) is 57.0 Å². The van der Waals surface area contributed by atoms with Gasteiger partial charge in [0.2, 0.25) is 11.8 Å². The predicted molar refractivity (Wildman–Crippen MR) is 112 cm³/mol. The van der Waals surface area contributed by atoms with E-state index in [4.69, 9.17) is 0 Å². The molecule has 28 heavy (non-hydrogen) atoms. The second-order valence-corrected chi connectivity index (χ2v) is 8.28. The minimum absolute atomic E-state index is 0.0636. The van der Waals surface area contributed by atoms with Crippen LogP contribution in [0.4, 0.5) is 0 Å². The van der Waals surface area contributed by atoms with E-state index in [1.165, 1.54) is 5.56 Å². The Balaban J connectivity index is 1.58. The number of piperazine rings is 1. The molecular weight excluding hydrogens is 350 g/mol. The van der Waals surface area contributed by atoms with Gasteiger partial charge in [0, 0.05) is 37.6 Å². The SMILES string of the molecule is CC[C@H]1CN(C(=O)CNC(=O)C2CCCC2)[C@H](CC)CN1Cc1ccccc1. The third-order valence-electron chi connectivity index (χ3n) is 6.44. The standard InChI is InChI=1S/C23H35N3O2/c1-3-20-17-26(22(27)14-24-23(28)19-12-8-9-13-19)21(4-2)16-25(20)15-18-10-6-5-7-11-18/h5-7,10-11,19-21H,3-4,8-9,12-17H2,1-2H3,(H,24,28)/t20-,21+/m0/s1. The first-order valence-corrected chi connectivity index (χ1v) is 11.0. The van der Waals surface area contributed by atoms with Crippen LogP contribution in [0.5, 0.6) is 0 Å².